The molecular weight excluding hydrogens is 436 g/mol. The predicted molar refractivity (Wildman–Crippen MR) is 124 cm³/mol. The summed E-state index contributed by atoms with van der Waals surface area (Å²) in [5.74, 6) is -0.00774. The van der Waals surface area contributed by atoms with Crippen molar-refractivity contribution in [2.24, 2.45) is 0 Å². The Balaban J connectivity index is 1.98. The number of hydrogen-bond donors (Lipinski definition) is 1. The lowest BCUT2D eigenvalue weighted by atomic mass is 10.2. The number of aryl methyl sites for hydroxylation is 2. The molecule has 0 aliphatic heterocycles. The van der Waals surface area contributed by atoms with Crippen LogP contribution in [-0.2, 0) is 14.8 Å². The Kier molecular flexibility index (Phi) is 6.87. The number of amides is 1. The van der Waals surface area contributed by atoms with Gasteiger partial charge in [0.2, 0.25) is 5.91 Å². The first-order chi connectivity index (χ1) is 14.7. The van der Waals surface area contributed by atoms with Crippen molar-refractivity contribution in [2.75, 3.05) is 23.3 Å². The van der Waals surface area contributed by atoms with Gasteiger partial charge in [0, 0.05) is 5.02 Å². The molecule has 0 fully saturated rings. The van der Waals surface area contributed by atoms with Crippen molar-refractivity contribution in [3.63, 3.8) is 0 Å². The lowest BCUT2D eigenvalue weighted by molar-refractivity contribution is -0.114. The molecule has 0 bridgehead atoms. The average molecular weight is 459 g/mol. The summed E-state index contributed by atoms with van der Waals surface area (Å²) in [6.45, 7) is 3.27. The normalized spacial score (nSPS) is 11.1. The van der Waals surface area contributed by atoms with Gasteiger partial charge in [-0.25, -0.2) is 8.42 Å². The van der Waals surface area contributed by atoms with E-state index in [0.29, 0.717) is 22.1 Å². The van der Waals surface area contributed by atoms with Crippen LogP contribution < -0.4 is 14.4 Å². The third kappa shape index (κ3) is 5.18. The molecule has 31 heavy (non-hydrogen) atoms. The second-order valence-corrected chi connectivity index (χ2v) is 9.30. The molecule has 1 amide bonds. The molecule has 0 aliphatic carbocycles. The first-order valence-corrected chi connectivity index (χ1v) is 11.3. The number of sulfonamides is 1. The van der Waals surface area contributed by atoms with Crippen LogP contribution in [-0.4, -0.2) is 28.0 Å². The summed E-state index contributed by atoms with van der Waals surface area (Å²) in [5, 5.41) is 3.19. The van der Waals surface area contributed by atoms with Gasteiger partial charge in [-0.15, -0.1) is 0 Å². The van der Waals surface area contributed by atoms with E-state index in [0.717, 1.165) is 15.4 Å². The van der Waals surface area contributed by atoms with E-state index >= 15 is 0 Å². The number of benzene rings is 3. The van der Waals surface area contributed by atoms with Gasteiger partial charge in [-0.05, 0) is 67.4 Å². The number of carbonyl (C=O) groups excluding carboxylic acids is 1. The van der Waals surface area contributed by atoms with Crippen LogP contribution in [0.5, 0.6) is 5.75 Å². The third-order valence-electron chi connectivity index (χ3n) is 4.70. The number of anilines is 2. The van der Waals surface area contributed by atoms with E-state index in [1.165, 1.54) is 31.4 Å². The van der Waals surface area contributed by atoms with E-state index in [1.54, 1.807) is 37.3 Å². The van der Waals surface area contributed by atoms with Crippen molar-refractivity contribution >= 4 is 38.9 Å². The van der Waals surface area contributed by atoms with Crippen LogP contribution in [0, 0.1) is 13.8 Å². The van der Waals surface area contributed by atoms with Crippen LogP contribution in [0.3, 0.4) is 0 Å². The fourth-order valence-corrected chi connectivity index (χ4v) is 4.73. The number of ether oxygens (including phenoxy) is 1. The summed E-state index contributed by atoms with van der Waals surface area (Å²) < 4.78 is 33.3. The number of nitrogens with one attached hydrogen (secondary N) is 1. The molecular formula is C23H23ClN2O4S. The largest absolute Gasteiger partial charge is 0.495 e. The molecule has 3 aromatic rings. The topological polar surface area (TPSA) is 75.7 Å². The minimum atomic E-state index is -4.02. The van der Waals surface area contributed by atoms with Crippen LogP contribution >= 0.6 is 11.6 Å². The highest BCUT2D eigenvalue weighted by Gasteiger charge is 2.28. The van der Waals surface area contributed by atoms with Gasteiger partial charge in [0.1, 0.15) is 12.3 Å². The van der Waals surface area contributed by atoms with Crippen molar-refractivity contribution in [2.45, 2.75) is 18.7 Å². The fourth-order valence-electron chi connectivity index (χ4n) is 3.12. The number of nitrogens with zero attached hydrogens (tertiary/aromatic N) is 1. The summed E-state index contributed by atoms with van der Waals surface area (Å²) in [7, 11) is -2.52. The van der Waals surface area contributed by atoms with Gasteiger partial charge in [0.05, 0.1) is 23.4 Å². The van der Waals surface area contributed by atoms with Gasteiger partial charge < -0.3 is 10.1 Å². The Morgan fingerprint density at radius 2 is 1.71 bits per heavy atom. The van der Waals surface area contributed by atoms with E-state index in [9.17, 15) is 13.2 Å². The molecule has 0 aliphatic rings. The number of carbonyl (C=O) groups is 1. The Hall–Kier alpha value is -3.03. The van der Waals surface area contributed by atoms with Crippen molar-refractivity contribution in [3.8, 4) is 5.75 Å². The molecule has 3 aromatic carbocycles. The molecule has 0 spiro atoms. The molecule has 162 valence electrons. The number of rotatable bonds is 7. The summed E-state index contributed by atoms with van der Waals surface area (Å²) >= 11 is 5.92. The zero-order chi connectivity index (χ0) is 22.6. The smallest absolute Gasteiger partial charge is 0.264 e. The molecule has 0 atom stereocenters. The number of methoxy groups -OCH3 is 1. The lowest BCUT2D eigenvalue weighted by Gasteiger charge is -2.25. The maximum Gasteiger partial charge on any atom is 0.264 e. The minimum Gasteiger partial charge on any atom is -0.495 e. The Morgan fingerprint density at radius 3 is 2.35 bits per heavy atom. The summed E-state index contributed by atoms with van der Waals surface area (Å²) in [5.41, 5.74) is 2.55. The average Bonchev–Trinajstić information content (AvgIpc) is 2.73. The molecule has 0 aromatic heterocycles. The van der Waals surface area contributed by atoms with Crippen LogP contribution in [0.2, 0.25) is 5.02 Å². The van der Waals surface area contributed by atoms with Gasteiger partial charge in [-0.2, -0.15) is 0 Å². The highest BCUT2D eigenvalue weighted by atomic mass is 35.5. The SMILES string of the molecule is COc1ccc(C)cc1NC(=O)CN(c1ccccc1C)S(=O)(=O)c1ccc(Cl)cc1. The van der Waals surface area contributed by atoms with Crippen molar-refractivity contribution < 1.29 is 17.9 Å². The van der Waals surface area contributed by atoms with Gasteiger partial charge in [-0.3, -0.25) is 9.10 Å². The van der Waals surface area contributed by atoms with Crippen molar-refractivity contribution in [3.05, 3.63) is 82.9 Å². The zero-order valence-electron chi connectivity index (χ0n) is 17.4. The molecule has 0 heterocycles. The van der Waals surface area contributed by atoms with Crippen LogP contribution in [0.4, 0.5) is 11.4 Å². The van der Waals surface area contributed by atoms with Gasteiger partial charge in [-0.1, -0.05) is 35.9 Å². The number of halogens is 1. The first kappa shape index (κ1) is 22.7. The van der Waals surface area contributed by atoms with Crippen LogP contribution in [0.1, 0.15) is 11.1 Å². The third-order valence-corrected chi connectivity index (χ3v) is 6.73. The standard InChI is InChI=1S/C23H23ClN2O4S/c1-16-8-13-22(30-3)20(14-16)25-23(27)15-26(21-7-5-4-6-17(21)2)31(28,29)19-11-9-18(24)10-12-19/h4-14H,15H2,1-3H3,(H,25,27). The van der Waals surface area contributed by atoms with E-state index < -0.39 is 22.5 Å². The second-order valence-electron chi connectivity index (χ2n) is 7.00. The minimum absolute atomic E-state index is 0.0427. The van der Waals surface area contributed by atoms with E-state index in [4.69, 9.17) is 16.3 Å². The van der Waals surface area contributed by atoms with Crippen LogP contribution in [0.15, 0.2) is 71.6 Å². The van der Waals surface area contributed by atoms with Crippen molar-refractivity contribution in [1.82, 2.24) is 0 Å². The molecule has 3 rings (SSSR count). The highest BCUT2D eigenvalue weighted by Crippen LogP contribution is 2.29. The molecule has 0 saturated heterocycles. The molecule has 6 nitrogen and oxygen atoms in total. The van der Waals surface area contributed by atoms with E-state index in [-0.39, 0.29) is 4.90 Å². The fraction of sp³-hybridized carbons (Fsp3) is 0.174. The Morgan fingerprint density at radius 1 is 1.03 bits per heavy atom. The molecule has 1 N–H and O–H groups in total. The maximum absolute atomic E-state index is 13.4. The highest BCUT2D eigenvalue weighted by molar-refractivity contribution is 7.92. The molecule has 8 heteroatoms. The molecule has 0 radical (unpaired) electrons. The monoisotopic (exact) mass is 458 g/mol. The second kappa shape index (κ2) is 9.41. The summed E-state index contributed by atoms with van der Waals surface area (Å²) in [4.78, 5) is 13.0. The van der Waals surface area contributed by atoms with Gasteiger partial charge in [0.25, 0.3) is 10.0 Å². The predicted octanol–water partition coefficient (Wildman–Crippen LogP) is 4.80. The molecule has 0 saturated carbocycles. The quantitative estimate of drug-likeness (QED) is 0.551. The van der Waals surface area contributed by atoms with E-state index in [2.05, 4.69) is 5.32 Å². The Bertz CT molecular complexity index is 1190. The number of para-hydroxylation sites is 1. The van der Waals surface area contributed by atoms with E-state index in [1.807, 2.05) is 19.1 Å². The number of hydrogen-bond acceptors (Lipinski definition) is 4. The Labute approximate surface area is 187 Å². The lowest BCUT2D eigenvalue weighted by Crippen LogP contribution is -2.38. The van der Waals surface area contributed by atoms with Crippen molar-refractivity contribution in [1.29, 1.82) is 0 Å². The summed E-state index contributed by atoms with van der Waals surface area (Å²) in [6, 6.07) is 18.2. The maximum atomic E-state index is 13.4. The zero-order valence-corrected chi connectivity index (χ0v) is 19.0. The first-order valence-electron chi connectivity index (χ1n) is 9.51. The molecule has 0 unspecified atom stereocenters. The van der Waals surface area contributed by atoms with Gasteiger partial charge in [0.15, 0.2) is 0 Å². The van der Waals surface area contributed by atoms with Crippen LogP contribution in [0.25, 0.3) is 0 Å². The van der Waals surface area contributed by atoms with Gasteiger partial charge >= 0.3 is 0 Å². The summed E-state index contributed by atoms with van der Waals surface area (Å²) in [6.07, 6.45) is 0.